The molecule has 0 radical (unpaired) electrons. The van der Waals surface area contributed by atoms with Gasteiger partial charge in [0.15, 0.2) is 0 Å². The van der Waals surface area contributed by atoms with Crippen LogP contribution in [0.15, 0.2) is 30.5 Å². The molecule has 0 unspecified atom stereocenters. The Hall–Kier alpha value is -1.97. The number of imidazole rings is 1. The van der Waals surface area contributed by atoms with E-state index in [4.69, 9.17) is 4.74 Å². The molecule has 0 amide bonds. The number of rotatable bonds is 6. The van der Waals surface area contributed by atoms with Gasteiger partial charge in [-0.05, 0) is 31.9 Å². The average molecular weight is 273 g/mol. The smallest absolute Gasteiger partial charge is 0.207 e. The van der Waals surface area contributed by atoms with Crippen molar-refractivity contribution in [2.75, 3.05) is 18.5 Å². The summed E-state index contributed by atoms with van der Waals surface area (Å²) < 4.78 is 7.76. The zero-order valence-corrected chi connectivity index (χ0v) is 12.7. The summed E-state index contributed by atoms with van der Waals surface area (Å²) in [7, 11) is 0. The van der Waals surface area contributed by atoms with E-state index in [1.807, 2.05) is 44.3 Å². The zero-order valence-electron chi connectivity index (χ0n) is 12.7. The Kier molecular flexibility index (Phi) is 4.66. The number of ether oxygens (including phenoxy) is 1. The third-order valence-electron chi connectivity index (χ3n) is 2.92. The Labute approximate surface area is 120 Å². The number of aryl methyl sites for hydroxylation is 1. The molecule has 0 aliphatic carbocycles. The molecular formula is C16H23N3O. The molecule has 1 N–H and O–H groups in total. The second-order valence-corrected chi connectivity index (χ2v) is 5.25. The predicted molar refractivity (Wildman–Crippen MR) is 82.8 cm³/mol. The van der Waals surface area contributed by atoms with Crippen molar-refractivity contribution < 1.29 is 4.74 Å². The highest BCUT2D eigenvalue weighted by Gasteiger charge is 2.11. The fourth-order valence-corrected chi connectivity index (χ4v) is 2.04. The van der Waals surface area contributed by atoms with Crippen molar-refractivity contribution in [2.24, 2.45) is 5.92 Å². The van der Waals surface area contributed by atoms with Crippen LogP contribution in [0.5, 0.6) is 5.75 Å². The summed E-state index contributed by atoms with van der Waals surface area (Å²) in [5.74, 6) is 2.31. The Morgan fingerprint density at radius 1 is 1.30 bits per heavy atom. The van der Waals surface area contributed by atoms with Gasteiger partial charge in [-0.25, -0.2) is 4.98 Å². The van der Waals surface area contributed by atoms with Crippen molar-refractivity contribution in [3.63, 3.8) is 0 Å². The van der Waals surface area contributed by atoms with Gasteiger partial charge in [0, 0.05) is 12.7 Å². The van der Waals surface area contributed by atoms with Gasteiger partial charge in [-0.1, -0.05) is 26.0 Å². The predicted octanol–water partition coefficient (Wildman–Crippen LogP) is 3.65. The number of anilines is 1. The van der Waals surface area contributed by atoms with Gasteiger partial charge in [0.2, 0.25) is 5.95 Å². The Bertz CT molecular complexity index is 561. The van der Waals surface area contributed by atoms with E-state index in [9.17, 15) is 0 Å². The van der Waals surface area contributed by atoms with Crippen LogP contribution in [0, 0.1) is 12.8 Å². The van der Waals surface area contributed by atoms with Crippen molar-refractivity contribution in [3.8, 4) is 11.4 Å². The zero-order chi connectivity index (χ0) is 14.5. The van der Waals surface area contributed by atoms with Crippen LogP contribution in [0.2, 0.25) is 0 Å². The van der Waals surface area contributed by atoms with Crippen LogP contribution in [-0.4, -0.2) is 22.7 Å². The monoisotopic (exact) mass is 273 g/mol. The number of para-hydroxylation sites is 2. The van der Waals surface area contributed by atoms with Gasteiger partial charge in [0.05, 0.1) is 18.0 Å². The number of hydrogen-bond acceptors (Lipinski definition) is 3. The van der Waals surface area contributed by atoms with E-state index >= 15 is 0 Å². The van der Waals surface area contributed by atoms with Crippen LogP contribution >= 0.6 is 0 Å². The normalized spacial score (nSPS) is 10.8. The highest BCUT2D eigenvalue weighted by Crippen LogP contribution is 2.26. The van der Waals surface area contributed by atoms with Crippen LogP contribution in [0.1, 0.15) is 26.5 Å². The average Bonchev–Trinajstić information content (AvgIpc) is 2.78. The summed E-state index contributed by atoms with van der Waals surface area (Å²) in [5, 5.41) is 3.40. The first-order valence-electron chi connectivity index (χ1n) is 7.14. The van der Waals surface area contributed by atoms with Crippen molar-refractivity contribution in [1.82, 2.24) is 9.55 Å². The van der Waals surface area contributed by atoms with Crippen molar-refractivity contribution in [3.05, 3.63) is 36.2 Å². The number of hydrogen-bond donors (Lipinski definition) is 1. The lowest BCUT2D eigenvalue weighted by Crippen LogP contribution is -2.12. The van der Waals surface area contributed by atoms with E-state index in [1.54, 1.807) is 0 Å². The quantitative estimate of drug-likeness (QED) is 0.873. The minimum absolute atomic E-state index is 0.572. The van der Waals surface area contributed by atoms with E-state index < -0.39 is 0 Å². The summed E-state index contributed by atoms with van der Waals surface area (Å²) in [6.45, 7) is 9.91. The summed E-state index contributed by atoms with van der Waals surface area (Å²) in [6, 6.07) is 8.03. The van der Waals surface area contributed by atoms with E-state index in [-0.39, 0.29) is 0 Å². The number of nitrogens with one attached hydrogen (secondary N) is 1. The highest BCUT2D eigenvalue weighted by molar-refractivity contribution is 5.52. The number of benzene rings is 1. The van der Waals surface area contributed by atoms with Crippen LogP contribution in [0.3, 0.4) is 0 Å². The molecular weight excluding hydrogens is 250 g/mol. The second-order valence-electron chi connectivity index (χ2n) is 5.25. The molecule has 108 valence electrons. The van der Waals surface area contributed by atoms with Gasteiger partial charge in [-0.2, -0.15) is 0 Å². The molecule has 4 nitrogen and oxygen atoms in total. The van der Waals surface area contributed by atoms with Crippen molar-refractivity contribution >= 4 is 5.95 Å². The molecule has 1 heterocycles. The molecule has 0 aliphatic heterocycles. The molecule has 0 saturated heterocycles. The summed E-state index contributed by atoms with van der Waals surface area (Å²) >= 11 is 0. The first-order chi connectivity index (χ1) is 9.61. The molecule has 20 heavy (non-hydrogen) atoms. The van der Waals surface area contributed by atoms with Gasteiger partial charge in [-0.15, -0.1) is 0 Å². The van der Waals surface area contributed by atoms with Crippen LogP contribution < -0.4 is 10.1 Å². The maximum absolute atomic E-state index is 5.70. The van der Waals surface area contributed by atoms with Gasteiger partial charge < -0.3 is 10.1 Å². The lowest BCUT2D eigenvalue weighted by Gasteiger charge is -2.14. The Morgan fingerprint density at radius 2 is 2.05 bits per heavy atom. The second kappa shape index (κ2) is 6.46. The molecule has 4 heteroatoms. The maximum Gasteiger partial charge on any atom is 0.207 e. The first-order valence-corrected chi connectivity index (χ1v) is 7.14. The summed E-state index contributed by atoms with van der Waals surface area (Å²) in [5.41, 5.74) is 2.00. The first kappa shape index (κ1) is 14.4. The largest absolute Gasteiger partial charge is 0.492 e. The molecule has 1 aromatic heterocycles. The van der Waals surface area contributed by atoms with E-state index in [2.05, 4.69) is 28.7 Å². The summed E-state index contributed by atoms with van der Waals surface area (Å²) in [4.78, 5) is 4.56. The molecule has 2 rings (SSSR count). The van der Waals surface area contributed by atoms with Crippen molar-refractivity contribution in [1.29, 1.82) is 0 Å². The van der Waals surface area contributed by atoms with E-state index in [1.165, 1.54) is 0 Å². The molecule has 0 saturated carbocycles. The molecule has 0 fully saturated rings. The van der Waals surface area contributed by atoms with Gasteiger partial charge in [0.25, 0.3) is 0 Å². The van der Waals surface area contributed by atoms with Crippen LogP contribution in [0.25, 0.3) is 5.69 Å². The minimum Gasteiger partial charge on any atom is -0.492 e. The third kappa shape index (κ3) is 3.32. The van der Waals surface area contributed by atoms with Crippen molar-refractivity contribution in [2.45, 2.75) is 27.7 Å². The molecule has 1 aromatic carbocycles. The van der Waals surface area contributed by atoms with E-state index in [0.717, 1.165) is 29.6 Å². The fourth-order valence-electron chi connectivity index (χ4n) is 2.04. The minimum atomic E-state index is 0.572. The standard InChI is InChI=1S/C16H23N3O/c1-5-20-15-9-7-6-8-14(15)19-11-13(4)18-16(19)17-10-12(2)3/h6-9,11-12H,5,10H2,1-4H3,(H,17,18). The van der Waals surface area contributed by atoms with Gasteiger partial charge >= 0.3 is 0 Å². The topological polar surface area (TPSA) is 39.1 Å². The van der Waals surface area contributed by atoms with Gasteiger partial charge in [-0.3, -0.25) is 4.57 Å². The lowest BCUT2D eigenvalue weighted by atomic mass is 10.2. The third-order valence-corrected chi connectivity index (χ3v) is 2.92. The molecule has 0 spiro atoms. The highest BCUT2D eigenvalue weighted by atomic mass is 16.5. The SMILES string of the molecule is CCOc1ccccc1-n1cc(C)nc1NCC(C)C. The van der Waals surface area contributed by atoms with Gasteiger partial charge in [0.1, 0.15) is 5.75 Å². The molecule has 0 bridgehead atoms. The van der Waals surface area contributed by atoms with Crippen LogP contribution in [0.4, 0.5) is 5.95 Å². The van der Waals surface area contributed by atoms with E-state index in [0.29, 0.717) is 12.5 Å². The molecule has 0 aliphatic rings. The fraction of sp³-hybridized carbons (Fsp3) is 0.438. The molecule has 2 aromatic rings. The maximum atomic E-state index is 5.70. The Balaban J connectivity index is 2.36. The number of nitrogens with zero attached hydrogens (tertiary/aromatic N) is 2. The number of aromatic nitrogens is 2. The van der Waals surface area contributed by atoms with Crippen LogP contribution in [-0.2, 0) is 0 Å². The Morgan fingerprint density at radius 3 is 2.75 bits per heavy atom. The summed E-state index contributed by atoms with van der Waals surface area (Å²) in [6.07, 6.45) is 2.03. The lowest BCUT2D eigenvalue weighted by molar-refractivity contribution is 0.339. The molecule has 0 atom stereocenters.